The largest absolute Gasteiger partial charge is 0.545 e. The number of benzene rings is 1. The van der Waals surface area contributed by atoms with Gasteiger partial charge in [0.25, 0.3) is 0 Å². The molecule has 1 aromatic carbocycles. The SMILES string of the molecule is Cn1cc[n+](C)c1.O.O=C([O-])c1ccccc1OS(=O)(=O)O. The fraction of sp³-hybridized carbons (Fsp3) is 0.167. The molecule has 10 heteroatoms. The van der Waals surface area contributed by atoms with E-state index in [4.69, 9.17) is 4.55 Å². The maximum Gasteiger partial charge on any atom is 0.446 e. The van der Waals surface area contributed by atoms with Crippen molar-refractivity contribution in [2.45, 2.75) is 0 Å². The smallest absolute Gasteiger partial charge is 0.446 e. The van der Waals surface area contributed by atoms with Crippen molar-refractivity contribution < 1.29 is 37.1 Å². The normalized spacial score (nSPS) is 9.95. The molecule has 0 saturated carbocycles. The van der Waals surface area contributed by atoms with Crippen molar-refractivity contribution in [3.63, 3.8) is 0 Å². The van der Waals surface area contributed by atoms with E-state index in [1.165, 1.54) is 12.1 Å². The fourth-order valence-corrected chi connectivity index (χ4v) is 1.77. The Hall–Kier alpha value is -2.43. The van der Waals surface area contributed by atoms with Crippen molar-refractivity contribution in [3.05, 3.63) is 48.5 Å². The van der Waals surface area contributed by atoms with Gasteiger partial charge in [-0.3, -0.25) is 4.55 Å². The lowest BCUT2D eigenvalue weighted by Gasteiger charge is -2.08. The van der Waals surface area contributed by atoms with Crippen LogP contribution in [0.5, 0.6) is 5.75 Å². The van der Waals surface area contributed by atoms with Crippen molar-refractivity contribution in [1.82, 2.24) is 4.57 Å². The average molecular weight is 332 g/mol. The number of aryl methyl sites for hydroxylation is 2. The minimum atomic E-state index is -4.72. The Morgan fingerprint density at radius 3 is 2.32 bits per heavy atom. The van der Waals surface area contributed by atoms with Crippen LogP contribution in [0.15, 0.2) is 43.0 Å². The number of hydrogen-bond donors (Lipinski definition) is 1. The predicted molar refractivity (Wildman–Crippen MR) is 73.2 cm³/mol. The molecule has 0 fully saturated rings. The zero-order valence-corrected chi connectivity index (χ0v) is 12.6. The number of hydrogen-bond acceptors (Lipinski definition) is 5. The molecule has 0 aliphatic carbocycles. The third-order valence-electron chi connectivity index (χ3n) is 2.20. The topological polar surface area (TPSA) is 144 Å². The number of aromatic nitrogens is 2. The summed E-state index contributed by atoms with van der Waals surface area (Å²) in [4.78, 5) is 10.4. The van der Waals surface area contributed by atoms with Gasteiger partial charge >= 0.3 is 10.4 Å². The van der Waals surface area contributed by atoms with Crippen molar-refractivity contribution >= 4 is 16.4 Å². The van der Waals surface area contributed by atoms with Gasteiger partial charge in [0.2, 0.25) is 6.33 Å². The number of aromatic carboxylic acids is 1. The Balaban J connectivity index is 0.000000465. The molecule has 0 radical (unpaired) electrons. The number of carbonyl (C=O) groups is 1. The Labute approximate surface area is 127 Å². The number of carboxylic acid groups (broad SMARTS) is 1. The minimum absolute atomic E-state index is 0. The van der Waals surface area contributed by atoms with E-state index in [9.17, 15) is 18.3 Å². The van der Waals surface area contributed by atoms with Crippen molar-refractivity contribution in [3.8, 4) is 5.75 Å². The van der Waals surface area contributed by atoms with Gasteiger partial charge in [-0.05, 0) is 12.1 Å². The summed E-state index contributed by atoms with van der Waals surface area (Å²) < 4.78 is 36.9. The molecule has 0 spiro atoms. The number of para-hydroxylation sites is 1. The highest BCUT2D eigenvalue weighted by molar-refractivity contribution is 7.81. The molecule has 1 heterocycles. The second-order valence-corrected chi connectivity index (χ2v) is 5.06. The average Bonchev–Trinajstić information content (AvgIpc) is 2.72. The summed E-state index contributed by atoms with van der Waals surface area (Å²) in [5.41, 5.74) is -0.454. The van der Waals surface area contributed by atoms with Gasteiger partial charge in [0.1, 0.15) is 12.4 Å². The van der Waals surface area contributed by atoms with E-state index in [1.807, 2.05) is 42.0 Å². The molecule has 0 amide bonds. The number of imidazole rings is 1. The Morgan fingerprint density at radius 2 is 1.95 bits per heavy atom. The quantitative estimate of drug-likeness (QED) is 0.521. The molecule has 0 aliphatic heterocycles. The Bertz CT molecular complexity index is 708. The number of nitrogens with zero attached hydrogens (tertiary/aromatic N) is 2. The van der Waals surface area contributed by atoms with E-state index < -0.39 is 27.7 Å². The van der Waals surface area contributed by atoms with Gasteiger partial charge < -0.3 is 19.6 Å². The summed E-state index contributed by atoms with van der Waals surface area (Å²) in [7, 11) is -0.724. The van der Waals surface area contributed by atoms with Gasteiger partial charge in [-0.2, -0.15) is 8.42 Å². The number of rotatable bonds is 3. The van der Waals surface area contributed by atoms with Crippen LogP contribution in [0.2, 0.25) is 0 Å². The molecule has 9 nitrogen and oxygen atoms in total. The number of carbonyl (C=O) groups excluding carboxylic acids is 1. The summed E-state index contributed by atoms with van der Waals surface area (Å²) in [5.74, 6) is -2.08. The maximum absolute atomic E-state index is 10.4. The summed E-state index contributed by atoms with van der Waals surface area (Å²) in [6.45, 7) is 0. The molecular weight excluding hydrogens is 316 g/mol. The lowest BCUT2D eigenvalue weighted by atomic mass is 10.2. The van der Waals surface area contributed by atoms with Crippen LogP contribution in [0.3, 0.4) is 0 Å². The first-order valence-electron chi connectivity index (χ1n) is 5.63. The van der Waals surface area contributed by atoms with Crippen LogP contribution in [0.25, 0.3) is 0 Å². The van der Waals surface area contributed by atoms with Gasteiger partial charge in [-0.25, -0.2) is 9.13 Å². The van der Waals surface area contributed by atoms with E-state index in [0.717, 1.165) is 12.1 Å². The zero-order chi connectivity index (χ0) is 16.0. The first-order valence-corrected chi connectivity index (χ1v) is 7.00. The molecule has 22 heavy (non-hydrogen) atoms. The minimum Gasteiger partial charge on any atom is -0.545 e. The molecule has 2 rings (SSSR count). The van der Waals surface area contributed by atoms with Crippen LogP contribution in [-0.2, 0) is 24.5 Å². The fourth-order valence-electron chi connectivity index (χ4n) is 1.40. The summed E-state index contributed by atoms with van der Waals surface area (Å²) in [5, 5.41) is 10.4. The van der Waals surface area contributed by atoms with E-state index in [1.54, 1.807) is 0 Å². The second kappa shape index (κ2) is 8.12. The molecule has 3 N–H and O–H groups in total. The number of carboxylic acids is 1. The third-order valence-corrected chi connectivity index (χ3v) is 2.59. The highest BCUT2D eigenvalue weighted by atomic mass is 32.3. The van der Waals surface area contributed by atoms with Crippen molar-refractivity contribution in [2.75, 3.05) is 0 Å². The monoisotopic (exact) mass is 332 g/mol. The Kier molecular flexibility index (Phi) is 7.22. The van der Waals surface area contributed by atoms with Gasteiger partial charge in [0, 0.05) is 5.56 Å². The standard InChI is InChI=1S/C7H6O6S.C5H9N2.H2O/c8-7(9)5-3-1-2-4-6(5)13-14(10,11)12;1-6-3-4-7(2)5-6;/h1-4H,(H,8,9)(H,10,11,12);3-5H,1-2H3;1H2/q;+1;/p-1. The van der Waals surface area contributed by atoms with E-state index in [0.29, 0.717) is 0 Å². The van der Waals surface area contributed by atoms with Crippen LogP contribution in [0.4, 0.5) is 0 Å². The van der Waals surface area contributed by atoms with E-state index in [-0.39, 0.29) is 5.48 Å². The van der Waals surface area contributed by atoms with Crippen molar-refractivity contribution in [1.29, 1.82) is 0 Å². The predicted octanol–water partition coefficient (Wildman–Crippen LogP) is -1.74. The van der Waals surface area contributed by atoms with Crippen LogP contribution < -0.4 is 13.9 Å². The molecular formula is C12H16N2O7S. The summed E-state index contributed by atoms with van der Waals surface area (Å²) >= 11 is 0. The molecule has 0 saturated heterocycles. The van der Waals surface area contributed by atoms with Gasteiger partial charge in [-0.15, -0.1) is 0 Å². The lowest BCUT2D eigenvalue weighted by Crippen LogP contribution is -2.23. The summed E-state index contributed by atoms with van der Waals surface area (Å²) in [6, 6.07) is 4.89. The second-order valence-electron chi connectivity index (χ2n) is 4.04. The third kappa shape index (κ3) is 6.83. The molecule has 0 bridgehead atoms. The van der Waals surface area contributed by atoms with Crippen LogP contribution in [0, 0.1) is 0 Å². The van der Waals surface area contributed by atoms with Gasteiger partial charge in [-0.1, -0.05) is 12.1 Å². The van der Waals surface area contributed by atoms with Crippen LogP contribution >= 0.6 is 0 Å². The molecule has 122 valence electrons. The maximum atomic E-state index is 10.4. The molecule has 0 aliphatic rings. The molecule has 2 aromatic rings. The van der Waals surface area contributed by atoms with Crippen molar-refractivity contribution in [2.24, 2.45) is 14.1 Å². The first kappa shape index (κ1) is 19.6. The van der Waals surface area contributed by atoms with Crippen LogP contribution in [0.1, 0.15) is 10.4 Å². The molecule has 1 aromatic heterocycles. The molecule has 0 unspecified atom stereocenters. The highest BCUT2D eigenvalue weighted by Crippen LogP contribution is 2.18. The highest BCUT2D eigenvalue weighted by Gasteiger charge is 2.11. The van der Waals surface area contributed by atoms with Crippen LogP contribution in [-0.4, -0.2) is 29.0 Å². The first-order chi connectivity index (χ1) is 9.69. The van der Waals surface area contributed by atoms with E-state index >= 15 is 0 Å². The Morgan fingerprint density at radius 1 is 1.36 bits per heavy atom. The van der Waals surface area contributed by atoms with Gasteiger partial charge in [0.15, 0.2) is 5.75 Å². The van der Waals surface area contributed by atoms with E-state index in [2.05, 4.69) is 4.18 Å². The molecule has 0 atom stereocenters. The zero-order valence-electron chi connectivity index (χ0n) is 11.8. The lowest BCUT2D eigenvalue weighted by molar-refractivity contribution is -0.670. The summed E-state index contributed by atoms with van der Waals surface area (Å²) in [6.07, 6.45) is 6.00. The van der Waals surface area contributed by atoms with Gasteiger partial charge in [0.05, 0.1) is 20.1 Å².